The van der Waals surface area contributed by atoms with Gasteiger partial charge in [0.2, 0.25) is 0 Å². The summed E-state index contributed by atoms with van der Waals surface area (Å²) in [6.07, 6.45) is 3.55. The molecule has 1 aromatic heterocycles. The van der Waals surface area contributed by atoms with Gasteiger partial charge >= 0.3 is 6.09 Å². The summed E-state index contributed by atoms with van der Waals surface area (Å²) in [7, 11) is 1.67. The van der Waals surface area contributed by atoms with Crippen molar-refractivity contribution in [2.75, 3.05) is 44.8 Å². The van der Waals surface area contributed by atoms with Crippen molar-refractivity contribution in [3.8, 4) is 0 Å². The number of aromatic nitrogens is 1. The third kappa shape index (κ3) is 4.83. The molecule has 0 aromatic carbocycles. The first-order valence-corrected chi connectivity index (χ1v) is 9.21. The van der Waals surface area contributed by atoms with Crippen LogP contribution in [0.5, 0.6) is 0 Å². The lowest BCUT2D eigenvalue weighted by molar-refractivity contribution is 0.0989. The van der Waals surface area contributed by atoms with Crippen LogP contribution < -0.4 is 4.90 Å². The lowest BCUT2D eigenvalue weighted by Crippen LogP contribution is -2.49. The Hall–Kier alpha value is -1.34. The largest absolute Gasteiger partial charge is 0.449 e. The molecule has 0 radical (unpaired) electrons. The minimum absolute atomic E-state index is 0.0526. The van der Waals surface area contributed by atoms with E-state index in [4.69, 9.17) is 9.47 Å². The van der Waals surface area contributed by atoms with Gasteiger partial charge in [0.1, 0.15) is 0 Å². The summed E-state index contributed by atoms with van der Waals surface area (Å²) in [5.74, 6) is 0. The molecule has 1 aliphatic heterocycles. The van der Waals surface area contributed by atoms with Crippen molar-refractivity contribution in [3.63, 3.8) is 0 Å². The highest BCUT2D eigenvalue weighted by molar-refractivity contribution is 9.10. The van der Waals surface area contributed by atoms with Crippen LogP contribution >= 0.6 is 15.9 Å². The van der Waals surface area contributed by atoms with E-state index in [0.717, 1.165) is 41.8 Å². The lowest BCUT2D eigenvalue weighted by Gasteiger charge is -2.35. The van der Waals surface area contributed by atoms with E-state index in [-0.39, 0.29) is 12.2 Å². The Morgan fingerprint density at radius 3 is 2.67 bits per heavy atom. The molecule has 0 N–H and O–H groups in total. The van der Waals surface area contributed by atoms with E-state index in [0.29, 0.717) is 19.7 Å². The number of hydrogen-bond donors (Lipinski definition) is 0. The van der Waals surface area contributed by atoms with Crippen molar-refractivity contribution < 1.29 is 14.3 Å². The smallest absolute Gasteiger partial charge is 0.409 e. The van der Waals surface area contributed by atoms with Gasteiger partial charge in [-0.15, -0.1) is 0 Å². The average Bonchev–Trinajstić information content (AvgIpc) is 2.61. The van der Waals surface area contributed by atoms with Gasteiger partial charge in [0, 0.05) is 37.8 Å². The van der Waals surface area contributed by atoms with Crippen LogP contribution in [0.2, 0.25) is 0 Å². The fourth-order valence-corrected chi connectivity index (χ4v) is 3.22. The number of piperazine rings is 1. The SMILES string of the molecule is CCCCOC(=O)N1CCN(c2cnc([C@H](C)OC)c(Br)c2)CC1. The Kier molecular flexibility index (Phi) is 7.30. The number of hydrogen-bond acceptors (Lipinski definition) is 5. The van der Waals surface area contributed by atoms with Crippen LogP contribution in [-0.4, -0.2) is 55.9 Å². The monoisotopic (exact) mass is 399 g/mol. The Bertz CT molecular complexity index is 548. The van der Waals surface area contributed by atoms with E-state index < -0.39 is 0 Å². The first-order chi connectivity index (χ1) is 11.6. The quantitative estimate of drug-likeness (QED) is 0.683. The van der Waals surface area contributed by atoms with Gasteiger partial charge in [-0.3, -0.25) is 4.98 Å². The van der Waals surface area contributed by atoms with Crippen LogP contribution in [0.15, 0.2) is 16.7 Å². The van der Waals surface area contributed by atoms with Crippen LogP contribution in [0, 0.1) is 0 Å². The molecule has 0 unspecified atom stereocenters. The molecule has 0 bridgehead atoms. The van der Waals surface area contributed by atoms with Gasteiger partial charge in [-0.1, -0.05) is 13.3 Å². The number of carbonyl (C=O) groups is 1. The average molecular weight is 400 g/mol. The summed E-state index contributed by atoms with van der Waals surface area (Å²) in [6, 6.07) is 2.06. The molecule has 1 aromatic rings. The molecule has 134 valence electrons. The molecule has 1 amide bonds. The molecular weight excluding hydrogens is 374 g/mol. The minimum atomic E-state index is -0.202. The zero-order valence-corrected chi connectivity index (χ0v) is 16.2. The maximum atomic E-state index is 12.0. The molecule has 2 heterocycles. The fraction of sp³-hybridized carbons (Fsp3) is 0.647. The molecule has 24 heavy (non-hydrogen) atoms. The standard InChI is InChI=1S/C17H26BrN3O3/c1-4-5-10-24-17(22)21-8-6-20(7-9-21)14-11-15(18)16(19-12-14)13(2)23-3/h11-13H,4-10H2,1-3H3/t13-/m0/s1. The van der Waals surface area contributed by atoms with E-state index in [2.05, 4.69) is 38.8 Å². The zero-order chi connectivity index (χ0) is 17.5. The highest BCUT2D eigenvalue weighted by Gasteiger charge is 2.23. The number of unbranched alkanes of at least 4 members (excludes halogenated alkanes) is 1. The van der Waals surface area contributed by atoms with Crippen molar-refractivity contribution in [2.45, 2.75) is 32.8 Å². The number of nitrogens with zero attached hydrogens (tertiary/aromatic N) is 3. The zero-order valence-electron chi connectivity index (χ0n) is 14.6. The molecule has 1 saturated heterocycles. The van der Waals surface area contributed by atoms with Gasteiger partial charge in [0.25, 0.3) is 0 Å². The number of rotatable bonds is 6. The first kappa shape index (κ1) is 19.0. The van der Waals surface area contributed by atoms with Gasteiger partial charge in [-0.2, -0.15) is 0 Å². The number of methoxy groups -OCH3 is 1. The molecule has 1 aliphatic rings. The Morgan fingerprint density at radius 1 is 1.38 bits per heavy atom. The fourth-order valence-electron chi connectivity index (χ4n) is 2.56. The predicted molar refractivity (Wildman–Crippen MR) is 97.4 cm³/mol. The van der Waals surface area contributed by atoms with E-state index in [1.165, 1.54) is 0 Å². The summed E-state index contributed by atoms with van der Waals surface area (Å²) in [5, 5.41) is 0. The van der Waals surface area contributed by atoms with Crippen LogP contribution in [0.4, 0.5) is 10.5 Å². The minimum Gasteiger partial charge on any atom is -0.449 e. The van der Waals surface area contributed by atoms with Gasteiger partial charge in [0.15, 0.2) is 0 Å². The molecule has 0 saturated carbocycles. The number of pyridine rings is 1. The van der Waals surface area contributed by atoms with Gasteiger partial charge in [-0.25, -0.2) is 4.79 Å². The van der Waals surface area contributed by atoms with E-state index in [9.17, 15) is 4.79 Å². The van der Waals surface area contributed by atoms with Crippen molar-refractivity contribution in [1.82, 2.24) is 9.88 Å². The summed E-state index contributed by atoms with van der Waals surface area (Å²) in [4.78, 5) is 20.5. The summed E-state index contributed by atoms with van der Waals surface area (Å²) < 4.78 is 11.5. The number of amides is 1. The van der Waals surface area contributed by atoms with Crippen molar-refractivity contribution in [3.05, 3.63) is 22.4 Å². The second-order valence-electron chi connectivity index (χ2n) is 5.88. The topological polar surface area (TPSA) is 54.9 Å². The van der Waals surface area contributed by atoms with Crippen LogP contribution in [-0.2, 0) is 9.47 Å². The third-order valence-electron chi connectivity index (χ3n) is 4.22. The predicted octanol–water partition coefficient (Wildman–Crippen LogP) is 3.61. The number of halogens is 1. The van der Waals surface area contributed by atoms with Crippen molar-refractivity contribution in [1.29, 1.82) is 0 Å². The number of carbonyl (C=O) groups excluding carboxylic acids is 1. The van der Waals surface area contributed by atoms with Crippen LogP contribution in [0.3, 0.4) is 0 Å². The van der Waals surface area contributed by atoms with Crippen molar-refractivity contribution >= 4 is 27.7 Å². The molecule has 1 fully saturated rings. The summed E-state index contributed by atoms with van der Waals surface area (Å²) in [5.41, 5.74) is 1.94. The molecular formula is C17H26BrN3O3. The Balaban J connectivity index is 1.90. The molecule has 0 spiro atoms. The van der Waals surface area contributed by atoms with Gasteiger partial charge in [0.05, 0.1) is 30.3 Å². The van der Waals surface area contributed by atoms with E-state index in [1.807, 2.05) is 13.1 Å². The molecule has 1 atom stereocenters. The van der Waals surface area contributed by atoms with E-state index in [1.54, 1.807) is 12.0 Å². The molecule has 7 heteroatoms. The molecule has 0 aliphatic carbocycles. The maximum Gasteiger partial charge on any atom is 0.409 e. The second kappa shape index (κ2) is 9.22. The normalized spacial score (nSPS) is 16.2. The van der Waals surface area contributed by atoms with Gasteiger partial charge < -0.3 is 19.3 Å². The second-order valence-corrected chi connectivity index (χ2v) is 6.73. The summed E-state index contributed by atoms with van der Waals surface area (Å²) >= 11 is 3.57. The Morgan fingerprint density at radius 2 is 2.08 bits per heavy atom. The highest BCUT2D eigenvalue weighted by Crippen LogP contribution is 2.27. The summed E-state index contributed by atoms with van der Waals surface area (Å²) in [6.45, 7) is 7.43. The van der Waals surface area contributed by atoms with Gasteiger partial charge in [-0.05, 0) is 35.3 Å². The molecule has 2 rings (SSSR count). The first-order valence-electron chi connectivity index (χ1n) is 8.41. The Labute approximate surface area is 152 Å². The highest BCUT2D eigenvalue weighted by atomic mass is 79.9. The third-order valence-corrected chi connectivity index (χ3v) is 4.86. The molecule has 6 nitrogen and oxygen atoms in total. The maximum absolute atomic E-state index is 12.0. The van der Waals surface area contributed by atoms with Crippen molar-refractivity contribution in [2.24, 2.45) is 0 Å². The van der Waals surface area contributed by atoms with Crippen LogP contribution in [0.25, 0.3) is 0 Å². The number of ether oxygens (including phenoxy) is 2. The lowest BCUT2D eigenvalue weighted by atomic mass is 10.2. The number of anilines is 1. The van der Waals surface area contributed by atoms with Crippen LogP contribution in [0.1, 0.15) is 38.5 Å². The van der Waals surface area contributed by atoms with E-state index >= 15 is 0 Å².